The van der Waals surface area contributed by atoms with Gasteiger partial charge in [0.25, 0.3) is 0 Å². The van der Waals surface area contributed by atoms with Crippen molar-refractivity contribution in [3.63, 3.8) is 0 Å². The smallest absolute Gasteiger partial charge is 0.223 e. The summed E-state index contributed by atoms with van der Waals surface area (Å²) in [4.78, 5) is 35.3. The second-order valence-corrected chi connectivity index (χ2v) is 9.47. The van der Waals surface area contributed by atoms with Crippen LogP contribution < -0.4 is 4.74 Å². The number of hydrogen-bond donors (Lipinski definition) is 1. The van der Waals surface area contributed by atoms with E-state index >= 15 is 0 Å². The van der Waals surface area contributed by atoms with Crippen LogP contribution in [0.15, 0.2) is 42.6 Å². The summed E-state index contributed by atoms with van der Waals surface area (Å²) in [7, 11) is 1.61. The van der Waals surface area contributed by atoms with Gasteiger partial charge in [-0.2, -0.15) is 0 Å². The molecule has 5 atom stereocenters. The minimum atomic E-state index is -0.678. The van der Waals surface area contributed by atoms with Gasteiger partial charge in [0.1, 0.15) is 11.4 Å². The van der Waals surface area contributed by atoms with Crippen LogP contribution in [0, 0.1) is 22.0 Å². The second kappa shape index (κ2) is 8.39. The summed E-state index contributed by atoms with van der Waals surface area (Å²) in [5.74, 6) is 0.688. The molecule has 34 heavy (non-hydrogen) atoms. The van der Waals surface area contributed by atoms with Gasteiger partial charge < -0.3 is 20.1 Å². The lowest BCUT2D eigenvalue weighted by Gasteiger charge is -2.52. The summed E-state index contributed by atoms with van der Waals surface area (Å²) in [5.41, 5.74) is 3.98. The van der Waals surface area contributed by atoms with E-state index in [-0.39, 0.29) is 40.1 Å². The van der Waals surface area contributed by atoms with E-state index in [1.54, 1.807) is 13.3 Å². The van der Waals surface area contributed by atoms with Crippen LogP contribution in [0.4, 0.5) is 0 Å². The standard InChI is InChI=1S/C25H26N4O4.H2O/c1-33-16-7-4-14(5-8-16)21-19(29(31)32)9-6-15-13-20(30)28-12-10-17-18-3-2-11-26-25(18)27-23(17)24(28)22(15)21;/h2-5,7-8,11,15,19,21-22,24H,6,9-10,12-13H2,1H3,(H,26,27);1H2/t15-,19+,21-,22-,24+;/m0./s1. The lowest BCUT2D eigenvalue weighted by molar-refractivity contribution is -0.533. The van der Waals surface area contributed by atoms with E-state index in [0.717, 1.165) is 34.5 Å². The van der Waals surface area contributed by atoms with Gasteiger partial charge in [-0.3, -0.25) is 14.9 Å². The number of hydrogen-bond acceptors (Lipinski definition) is 5. The molecule has 3 aromatic rings. The fourth-order valence-electron chi connectivity index (χ4n) is 6.67. The molecule has 1 aromatic carbocycles. The number of nitrogens with zero attached hydrogens (tertiary/aromatic N) is 3. The van der Waals surface area contributed by atoms with Crippen molar-refractivity contribution in [1.29, 1.82) is 0 Å². The molecule has 1 saturated carbocycles. The summed E-state index contributed by atoms with van der Waals surface area (Å²) in [6.07, 6.45) is 4.19. The molecule has 1 amide bonds. The minimum Gasteiger partial charge on any atom is -0.497 e. The van der Waals surface area contributed by atoms with Gasteiger partial charge in [-0.25, -0.2) is 4.98 Å². The molecule has 3 N–H and O–H groups in total. The summed E-state index contributed by atoms with van der Waals surface area (Å²) >= 11 is 0. The van der Waals surface area contributed by atoms with Crippen LogP contribution in [0.1, 0.15) is 48.0 Å². The number of benzene rings is 1. The second-order valence-electron chi connectivity index (χ2n) is 9.47. The number of fused-ring (bicyclic) bond motifs is 7. The molecule has 3 aliphatic rings. The van der Waals surface area contributed by atoms with Gasteiger partial charge >= 0.3 is 0 Å². The highest BCUT2D eigenvalue weighted by Gasteiger charge is 2.55. The molecule has 2 aromatic heterocycles. The summed E-state index contributed by atoms with van der Waals surface area (Å²) in [5, 5.41) is 13.3. The first kappa shape index (κ1) is 22.3. The number of aromatic nitrogens is 2. The van der Waals surface area contributed by atoms with Gasteiger partial charge in [0.2, 0.25) is 11.9 Å². The Labute approximate surface area is 196 Å². The average molecular weight is 465 g/mol. The highest BCUT2D eigenvalue weighted by Crippen LogP contribution is 2.55. The molecule has 2 aliphatic heterocycles. The molecule has 2 fully saturated rings. The average Bonchev–Trinajstić information content (AvgIpc) is 3.22. The molecule has 4 heterocycles. The Hall–Kier alpha value is -3.46. The van der Waals surface area contributed by atoms with Crippen LogP contribution in [0.25, 0.3) is 11.0 Å². The Morgan fingerprint density at radius 1 is 1.21 bits per heavy atom. The van der Waals surface area contributed by atoms with Crippen LogP contribution in [0.5, 0.6) is 5.75 Å². The van der Waals surface area contributed by atoms with Crippen LogP contribution in [0.2, 0.25) is 0 Å². The van der Waals surface area contributed by atoms with Crippen molar-refractivity contribution in [2.24, 2.45) is 11.8 Å². The minimum absolute atomic E-state index is 0. The third-order valence-corrected chi connectivity index (χ3v) is 8.05. The van der Waals surface area contributed by atoms with E-state index < -0.39 is 6.04 Å². The zero-order chi connectivity index (χ0) is 22.7. The van der Waals surface area contributed by atoms with Gasteiger partial charge in [-0.15, -0.1) is 0 Å². The van der Waals surface area contributed by atoms with Crippen molar-refractivity contribution in [3.8, 4) is 5.75 Å². The van der Waals surface area contributed by atoms with Gasteiger partial charge in [-0.1, -0.05) is 12.1 Å². The topological polar surface area (TPSA) is 133 Å². The molecule has 0 bridgehead atoms. The number of methoxy groups -OCH3 is 1. The number of nitro groups is 1. The van der Waals surface area contributed by atoms with E-state index in [0.29, 0.717) is 25.8 Å². The first-order valence-corrected chi connectivity index (χ1v) is 11.6. The van der Waals surface area contributed by atoms with E-state index in [2.05, 4.69) is 16.0 Å². The monoisotopic (exact) mass is 464 g/mol. The number of piperidine rings is 1. The number of rotatable bonds is 3. The molecule has 0 unspecified atom stereocenters. The number of amides is 1. The Bertz CT molecular complexity index is 1240. The molecule has 9 nitrogen and oxygen atoms in total. The van der Waals surface area contributed by atoms with Crippen molar-refractivity contribution in [2.75, 3.05) is 13.7 Å². The number of ether oxygens (including phenoxy) is 1. The normalized spacial score (nSPS) is 27.9. The zero-order valence-electron chi connectivity index (χ0n) is 18.9. The van der Waals surface area contributed by atoms with Crippen molar-refractivity contribution in [3.05, 3.63) is 69.5 Å². The lowest BCUT2D eigenvalue weighted by atomic mass is 9.60. The number of nitrogens with one attached hydrogen (secondary N) is 1. The Balaban J connectivity index is 0.00000241. The van der Waals surface area contributed by atoms with E-state index in [9.17, 15) is 14.9 Å². The maximum atomic E-state index is 13.2. The van der Waals surface area contributed by atoms with Crippen LogP contribution >= 0.6 is 0 Å². The summed E-state index contributed by atoms with van der Waals surface area (Å²) in [6.45, 7) is 0.639. The maximum absolute atomic E-state index is 13.2. The fourth-order valence-corrected chi connectivity index (χ4v) is 6.67. The number of aromatic amines is 1. The maximum Gasteiger partial charge on any atom is 0.223 e. The Morgan fingerprint density at radius 3 is 2.74 bits per heavy atom. The zero-order valence-corrected chi connectivity index (χ0v) is 18.9. The summed E-state index contributed by atoms with van der Waals surface area (Å²) in [6, 6.07) is 10.8. The van der Waals surface area contributed by atoms with Crippen molar-refractivity contribution < 1.29 is 19.9 Å². The number of H-pyrrole nitrogens is 1. The third kappa shape index (κ3) is 3.26. The van der Waals surface area contributed by atoms with Crippen molar-refractivity contribution >= 4 is 16.9 Å². The fraction of sp³-hybridized carbons (Fsp3) is 0.440. The lowest BCUT2D eigenvalue weighted by Crippen LogP contribution is -2.55. The molecular formula is C25H28N4O5. The van der Waals surface area contributed by atoms with Crippen LogP contribution in [-0.2, 0) is 11.2 Å². The van der Waals surface area contributed by atoms with E-state index in [4.69, 9.17) is 4.74 Å². The van der Waals surface area contributed by atoms with Gasteiger partial charge in [-0.05, 0) is 54.2 Å². The summed E-state index contributed by atoms with van der Waals surface area (Å²) < 4.78 is 5.32. The van der Waals surface area contributed by atoms with Crippen LogP contribution in [-0.4, -0.2) is 50.9 Å². The van der Waals surface area contributed by atoms with Gasteiger partial charge in [0.05, 0.1) is 19.1 Å². The molecular weight excluding hydrogens is 436 g/mol. The molecule has 6 rings (SSSR count). The third-order valence-electron chi connectivity index (χ3n) is 8.05. The van der Waals surface area contributed by atoms with E-state index in [1.807, 2.05) is 35.2 Å². The van der Waals surface area contributed by atoms with Crippen molar-refractivity contribution in [1.82, 2.24) is 14.9 Å². The predicted molar refractivity (Wildman–Crippen MR) is 125 cm³/mol. The van der Waals surface area contributed by atoms with Gasteiger partial charge in [0, 0.05) is 47.5 Å². The van der Waals surface area contributed by atoms with Crippen LogP contribution in [0.3, 0.4) is 0 Å². The van der Waals surface area contributed by atoms with Gasteiger partial charge in [0.15, 0.2) is 0 Å². The Kier molecular flexibility index (Phi) is 5.51. The quantitative estimate of drug-likeness (QED) is 0.470. The molecule has 178 valence electrons. The predicted octanol–water partition coefficient (Wildman–Crippen LogP) is 3.03. The first-order chi connectivity index (χ1) is 16.1. The van der Waals surface area contributed by atoms with E-state index in [1.165, 1.54) is 5.56 Å². The molecule has 1 saturated heterocycles. The highest BCUT2D eigenvalue weighted by atomic mass is 16.6. The Morgan fingerprint density at radius 2 is 2.00 bits per heavy atom. The molecule has 9 heteroatoms. The number of pyridine rings is 1. The molecule has 0 spiro atoms. The molecule has 0 radical (unpaired) electrons. The SMILES string of the molecule is COc1ccc([C@@H]2[C@@H]3[C@@H](CC[C@H]2[N+](=O)[O-])CC(=O)N2CCc4c([nH]c5ncccc45)[C@@H]32)cc1.O. The first-order valence-electron chi connectivity index (χ1n) is 11.6. The number of carbonyl (C=O) groups is 1. The highest BCUT2D eigenvalue weighted by molar-refractivity contribution is 5.84. The number of carbonyl (C=O) groups excluding carboxylic acids is 1. The van der Waals surface area contributed by atoms with Crippen molar-refractivity contribution in [2.45, 2.75) is 43.7 Å². The largest absolute Gasteiger partial charge is 0.497 e. The molecule has 1 aliphatic carbocycles.